The van der Waals surface area contributed by atoms with Crippen LogP contribution in [0.4, 0.5) is 5.69 Å². The summed E-state index contributed by atoms with van der Waals surface area (Å²) in [5.74, 6) is 1.40. The van der Waals surface area contributed by atoms with Gasteiger partial charge in [-0.3, -0.25) is 0 Å². The summed E-state index contributed by atoms with van der Waals surface area (Å²) < 4.78 is 5.26. The van der Waals surface area contributed by atoms with Crippen molar-refractivity contribution in [2.24, 2.45) is 4.99 Å². The molecule has 27 heavy (non-hydrogen) atoms. The number of aryl methyl sites for hydroxylation is 1. The van der Waals surface area contributed by atoms with Crippen molar-refractivity contribution in [3.05, 3.63) is 53.5 Å². The van der Waals surface area contributed by atoms with Gasteiger partial charge in [0.05, 0.1) is 12.8 Å². The third-order valence-electron chi connectivity index (χ3n) is 5.12. The summed E-state index contributed by atoms with van der Waals surface area (Å²) >= 11 is 0. The van der Waals surface area contributed by atoms with E-state index in [1.54, 1.807) is 18.4 Å². The van der Waals surface area contributed by atoms with Crippen molar-refractivity contribution in [3.63, 3.8) is 0 Å². The third-order valence-corrected chi connectivity index (χ3v) is 5.12. The van der Waals surface area contributed by atoms with Gasteiger partial charge in [0.25, 0.3) is 0 Å². The molecule has 3 rings (SSSR count). The highest BCUT2D eigenvalue weighted by atomic mass is 16.4. The highest BCUT2D eigenvalue weighted by Gasteiger charge is 2.21. The zero-order valence-corrected chi connectivity index (χ0v) is 16.5. The number of guanidine groups is 1. The number of anilines is 1. The molecule has 2 N–H and O–H groups in total. The van der Waals surface area contributed by atoms with E-state index in [1.807, 2.05) is 0 Å². The summed E-state index contributed by atoms with van der Waals surface area (Å²) in [7, 11) is 0. The van der Waals surface area contributed by atoms with Crippen molar-refractivity contribution in [1.82, 2.24) is 10.2 Å². The molecule has 0 aliphatic carbocycles. The molecule has 1 aliphatic heterocycles. The molecule has 1 aromatic carbocycles. The highest BCUT2D eigenvalue weighted by molar-refractivity contribution is 5.80. The molecule has 6 heteroatoms. The Hall–Kier alpha value is -2.47. The van der Waals surface area contributed by atoms with Crippen LogP contribution in [0.5, 0.6) is 0 Å². The Morgan fingerprint density at radius 2 is 1.96 bits per heavy atom. The van der Waals surface area contributed by atoms with E-state index in [9.17, 15) is 5.11 Å². The number of furan rings is 1. The zero-order valence-electron chi connectivity index (χ0n) is 16.5. The lowest BCUT2D eigenvalue weighted by Crippen LogP contribution is -2.52. The van der Waals surface area contributed by atoms with Gasteiger partial charge in [0, 0.05) is 38.4 Å². The molecule has 1 unspecified atom stereocenters. The first-order chi connectivity index (χ1) is 13.1. The molecule has 0 bridgehead atoms. The van der Waals surface area contributed by atoms with E-state index in [0.717, 1.165) is 38.7 Å². The van der Waals surface area contributed by atoms with Crippen LogP contribution in [-0.2, 0) is 0 Å². The Morgan fingerprint density at radius 3 is 2.63 bits per heavy atom. The quantitative estimate of drug-likeness (QED) is 0.626. The maximum Gasteiger partial charge on any atom is 0.194 e. The summed E-state index contributed by atoms with van der Waals surface area (Å²) in [6.07, 6.45) is 0.852. The minimum Gasteiger partial charge on any atom is -0.467 e. The Kier molecular flexibility index (Phi) is 6.40. The van der Waals surface area contributed by atoms with Gasteiger partial charge in [-0.25, -0.2) is 4.99 Å². The van der Waals surface area contributed by atoms with Gasteiger partial charge >= 0.3 is 0 Å². The number of benzene rings is 1. The Labute approximate surface area is 161 Å². The number of aliphatic imine (C=N–C) groups is 1. The molecule has 1 aromatic heterocycles. The molecule has 0 radical (unpaired) electrons. The molecule has 1 atom stereocenters. The standard InChI is InChI=1S/C21H30N4O2/c1-4-22-21(23-15-19(26)20-9-6-14-27-20)25-12-10-24(11-13-25)18-8-5-7-16(2)17(18)3/h5-9,14,19,26H,4,10-13,15H2,1-3H3,(H,22,23). The van der Waals surface area contributed by atoms with Gasteiger partial charge < -0.3 is 24.6 Å². The van der Waals surface area contributed by atoms with Crippen molar-refractivity contribution in [1.29, 1.82) is 0 Å². The van der Waals surface area contributed by atoms with Crippen LogP contribution in [0.15, 0.2) is 46.0 Å². The molecule has 2 aromatic rings. The molecule has 1 saturated heterocycles. The second kappa shape index (κ2) is 8.95. The van der Waals surface area contributed by atoms with E-state index in [2.05, 4.69) is 59.1 Å². The molecule has 1 fully saturated rings. The van der Waals surface area contributed by atoms with E-state index < -0.39 is 6.10 Å². The average molecular weight is 370 g/mol. The number of hydrogen-bond donors (Lipinski definition) is 2. The largest absolute Gasteiger partial charge is 0.467 e. The van der Waals surface area contributed by atoms with Crippen LogP contribution in [0.3, 0.4) is 0 Å². The number of aliphatic hydroxyl groups excluding tert-OH is 1. The molecule has 2 heterocycles. The van der Waals surface area contributed by atoms with Crippen LogP contribution in [0.2, 0.25) is 0 Å². The summed E-state index contributed by atoms with van der Waals surface area (Å²) in [6, 6.07) is 10.0. The maximum absolute atomic E-state index is 10.2. The monoisotopic (exact) mass is 370 g/mol. The predicted octanol–water partition coefficient (Wildman–Crippen LogP) is 2.72. The molecular formula is C21H30N4O2. The number of rotatable bonds is 5. The van der Waals surface area contributed by atoms with Crippen LogP contribution in [0.1, 0.15) is 29.9 Å². The lowest BCUT2D eigenvalue weighted by molar-refractivity contribution is 0.158. The fraction of sp³-hybridized carbons (Fsp3) is 0.476. The van der Waals surface area contributed by atoms with Crippen molar-refractivity contribution in [3.8, 4) is 0 Å². The molecule has 146 valence electrons. The average Bonchev–Trinajstić information content (AvgIpc) is 3.22. The van der Waals surface area contributed by atoms with Gasteiger partial charge in [-0.1, -0.05) is 12.1 Å². The summed E-state index contributed by atoms with van der Waals surface area (Å²) in [5, 5.41) is 13.6. The number of nitrogens with zero attached hydrogens (tertiary/aromatic N) is 3. The zero-order chi connectivity index (χ0) is 19.2. The topological polar surface area (TPSA) is 64.2 Å². The third kappa shape index (κ3) is 4.63. The molecule has 0 saturated carbocycles. The van der Waals surface area contributed by atoms with Gasteiger partial charge in [-0.15, -0.1) is 0 Å². The van der Waals surface area contributed by atoms with E-state index in [1.165, 1.54) is 16.8 Å². The normalized spacial score (nSPS) is 16.5. The van der Waals surface area contributed by atoms with Crippen molar-refractivity contribution in [2.45, 2.75) is 26.9 Å². The van der Waals surface area contributed by atoms with E-state index >= 15 is 0 Å². The highest BCUT2D eigenvalue weighted by Crippen LogP contribution is 2.24. The van der Waals surface area contributed by atoms with Gasteiger partial charge in [-0.2, -0.15) is 0 Å². The van der Waals surface area contributed by atoms with Crippen molar-refractivity contribution < 1.29 is 9.52 Å². The molecule has 1 aliphatic rings. The maximum atomic E-state index is 10.2. The van der Waals surface area contributed by atoms with E-state index in [-0.39, 0.29) is 6.54 Å². The fourth-order valence-corrected chi connectivity index (χ4v) is 3.41. The summed E-state index contributed by atoms with van der Waals surface area (Å²) in [4.78, 5) is 9.33. The molecular weight excluding hydrogens is 340 g/mol. The number of hydrogen-bond acceptors (Lipinski definition) is 4. The van der Waals surface area contributed by atoms with Gasteiger partial charge in [0.15, 0.2) is 5.96 Å². The van der Waals surface area contributed by atoms with Crippen LogP contribution >= 0.6 is 0 Å². The second-order valence-electron chi connectivity index (χ2n) is 6.92. The Morgan fingerprint density at radius 1 is 1.19 bits per heavy atom. The smallest absolute Gasteiger partial charge is 0.194 e. The SMILES string of the molecule is CCNC(=NCC(O)c1ccco1)N1CCN(c2cccc(C)c2C)CC1. The van der Waals surface area contributed by atoms with Gasteiger partial charge in [0.2, 0.25) is 0 Å². The summed E-state index contributed by atoms with van der Waals surface area (Å²) in [6.45, 7) is 11.2. The van der Waals surface area contributed by atoms with Crippen LogP contribution in [0.25, 0.3) is 0 Å². The number of aliphatic hydroxyl groups is 1. The minimum absolute atomic E-state index is 0.285. The van der Waals surface area contributed by atoms with Crippen molar-refractivity contribution >= 4 is 11.6 Å². The first-order valence-electron chi connectivity index (χ1n) is 9.66. The van der Waals surface area contributed by atoms with Gasteiger partial charge in [0.1, 0.15) is 11.9 Å². The molecule has 6 nitrogen and oxygen atoms in total. The Bertz CT molecular complexity index is 750. The second-order valence-corrected chi connectivity index (χ2v) is 6.92. The number of piperazine rings is 1. The van der Waals surface area contributed by atoms with Crippen molar-refractivity contribution in [2.75, 3.05) is 44.2 Å². The minimum atomic E-state index is -0.718. The fourth-order valence-electron chi connectivity index (χ4n) is 3.41. The van der Waals surface area contributed by atoms with Crippen LogP contribution < -0.4 is 10.2 Å². The first-order valence-corrected chi connectivity index (χ1v) is 9.66. The lowest BCUT2D eigenvalue weighted by atomic mass is 10.1. The molecule has 0 spiro atoms. The van der Waals surface area contributed by atoms with Crippen LogP contribution in [-0.4, -0.2) is 55.2 Å². The lowest BCUT2D eigenvalue weighted by Gasteiger charge is -2.38. The van der Waals surface area contributed by atoms with E-state index in [4.69, 9.17) is 4.42 Å². The van der Waals surface area contributed by atoms with Crippen LogP contribution in [0, 0.1) is 13.8 Å². The predicted molar refractivity (Wildman–Crippen MR) is 109 cm³/mol. The summed E-state index contributed by atoms with van der Waals surface area (Å²) in [5.41, 5.74) is 4.01. The first kappa shape index (κ1) is 19.3. The van der Waals surface area contributed by atoms with Gasteiger partial charge in [-0.05, 0) is 50.1 Å². The Balaban J connectivity index is 1.63. The number of nitrogens with one attached hydrogen (secondary N) is 1. The van der Waals surface area contributed by atoms with E-state index in [0.29, 0.717) is 5.76 Å². The molecule has 0 amide bonds.